The van der Waals surface area contributed by atoms with Crippen molar-refractivity contribution in [1.82, 2.24) is 15.5 Å². The number of nitrogens with zero attached hydrogens (tertiary/aromatic N) is 1. The van der Waals surface area contributed by atoms with E-state index in [0.717, 1.165) is 17.7 Å². The number of likely N-dealkylation sites (tertiary alicyclic amines) is 1. The van der Waals surface area contributed by atoms with Gasteiger partial charge in [0.25, 0.3) is 0 Å². The van der Waals surface area contributed by atoms with Crippen LogP contribution in [0.15, 0.2) is 24.3 Å². The predicted molar refractivity (Wildman–Crippen MR) is 87.4 cm³/mol. The lowest BCUT2D eigenvalue weighted by molar-refractivity contribution is 0.234. The Balaban J connectivity index is 1.67. The second-order valence-electron chi connectivity index (χ2n) is 6.10. The van der Waals surface area contributed by atoms with E-state index in [-0.39, 0.29) is 12.6 Å². The first-order chi connectivity index (χ1) is 10.7. The number of amides is 2. The SMILES string of the molecule is CC(CNC(=O)NCc1ccccc1CO)CN1CCCC1. The molecule has 2 amide bonds. The number of nitrogens with one attached hydrogen (secondary N) is 2. The van der Waals surface area contributed by atoms with Gasteiger partial charge in [-0.05, 0) is 43.0 Å². The quantitative estimate of drug-likeness (QED) is 0.718. The average Bonchev–Trinajstić information content (AvgIpc) is 3.04. The van der Waals surface area contributed by atoms with Gasteiger partial charge in [-0.2, -0.15) is 0 Å². The highest BCUT2D eigenvalue weighted by molar-refractivity contribution is 5.73. The van der Waals surface area contributed by atoms with Crippen molar-refractivity contribution in [3.8, 4) is 0 Å². The molecule has 0 bridgehead atoms. The fourth-order valence-corrected chi connectivity index (χ4v) is 2.86. The van der Waals surface area contributed by atoms with Crippen LogP contribution in [-0.4, -0.2) is 42.2 Å². The van der Waals surface area contributed by atoms with Crippen LogP contribution in [0.3, 0.4) is 0 Å². The van der Waals surface area contributed by atoms with Crippen molar-refractivity contribution in [3.63, 3.8) is 0 Å². The van der Waals surface area contributed by atoms with E-state index in [1.54, 1.807) is 0 Å². The number of aliphatic hydroxyl groups is 1. The van der Waals surface area contributed by atoms with Crippen molar-refractivity contribution in [1.29, 1.82) is 0 Å². The first kappa shape index (κ1) is 16.8. The number of aliphatic hydroxyl groups excluding tert-OH is 1. The summed E-state index contributed by atoms with van der Waals surface area (Å²) in [6.07, 6.45) is 2.59. The van der Waals surface area contributed by atoms with E-state index in [2.05, 4.69) is 22.5 Å². The zero-order chi connectivity index (χ0) is 15.8. The van der Waals surface area contributed by atoms with Gasteiger partial charge in [-0.25, -0.2) is 4.79 Å². The third-order valence-electron chi connectivity index (χ3n) is 4.11. The number of carbonyl (C=O) groups is 1. The van der Waals surface area contributed by atoms with Gasteiger partial charge < -0.3 is 20.6 Å². The highest BCUT2D eigenvalue weighted by atomic mass is 16.3. The first-order valence-corrected chi connectivity index (χ1v) is 8.10. The maximum absolute atomic E-state index is 11.9. The molecule has 1 aliphatic heterocycles. The minimum atomic E-state index is -0.152. The molecule has 5 heteroatoms. The Bertz CT molecular complexity index is 473. The van der Waals surface area contributed by atoms with E-state index in [1.807, 2.05) is 24.3 Å². The van der Waals surface area contributed by atoms with E-state index < -0.39 is 0 Å². The van der Waals surface area contributed by atoms with Gasteiger partial charge in [0.1, 0.15) is 0 Å². The maximum Gasteiger partial charge on any atom is 0.315 e. The summed E-state index contributed by atoms with van der Waals surface area (Å²) in [7, 11) is 0. The fraction of sp³-hybridized carbons (Fsp3) is 0.588. The Morgan fingerprint density at radius 3 is 2.59 bits per heavy atom. The topological polar surface area (TPSA) is 64.6 Å². The van der Waals surface area contributed by atoms with Gasteiger partial charge in [-0.3, -0.25) is 0 Å². The van der Waals surface area contributed by atoms with Crippen LogP contribution in [0.4, 0.5) is 4.79 Å². The first-order valence-electron chi connectivity index (χ1n) is 8.10. The van der Waals surface area contributed by atoms with Crippen molar-refractivity contribution in [2.24, 2.45) is 5.92 Å². The largest absolute Gasteiger partial charge is 0.392 e. The Hall–Kier alpha value is -1.59. The Morgan fingerprint density at radius 1 is 1.23 bits per heavy atom. The lowest BCUT2D eigenvalue weighted by atomic mass is 10.1. The third kappa shape index (κ3) is 5.31. The second-order valence-corrected chi connectivity index (χ2v) is 6.10. The number of carbonyl (C=O) groups excluding carboxylic acids is 1. The van der Waals surface area contributed by atoms with E-state index in [9.17, 15) is 9.90 Å². The third-order valence-corrected chi connectivity index (χ3v) is 4.11. The van der Waals surface area contributed by atoms with Crippen molar-refractivity contribution >= 4 is 6.03 Å². The van der Waals surface area contributed by atoms with E-state index in [4.69, 9.17) is 0 Å². The molecular formula is C17H27N3O2. The van der Waals surface area contributed by atoms with Gasteiger partial charge in [-0.15, -0.1) is 0 Å². The smallest absolute Gasteiger partial charge is 0.315 e. The summed E-state index contributed by atoms with van der Waals surface area (Å²) in [5, 5.41) is 15.0. The van der Waals surface area contributed by atoms with Crippen molar-refractivity contribution in [3.05, 3.63) is 35.4 Å². The molecule has 1 fully saturated rings. The zero-order valence-corrected chi connectivity index (χ0v) is 13.3. The molecule has 0 spiro atoms. The van der Waals surface area contributed by atoms with Crippen molar-refractivity contribution in [2.75, 3.05) is 26.2 Å². The minimum absolute atomic E-state index is 0.00760. The van der Waals surface area contributed by atoms with E-state index in [0.29, 0.717) is 19.0 Å². The molecule has 5 nitrogen and oxygen atoms in total. The number of benzene rings is 1. The molecule has 2 rings (SSSR count). The fourth-order valence-electron chi connectivity index (χ4n) is 2.86. The molecular weight excluding hydrogens is 278 g/mol. The molecule has 1 aromatic carbocycles. The molecule has 1 unspecified atom stereocenters. The number of rotatable bonds is 7. The molecule has 0 saturated carbocycles. The summed E-state index contributed by atoms with van der Waals surface area (Å²) in [5.74, 6) is 0.452. The van der Waals surface area contributed by atoms with Crippen molar-refractivity contribution in [2.45, 2.75) is 32.9 Å². The molecule has 122 valence electrons. The summed E-state index contributed by atoms with van der Waals surface area (Å²) < 4.78 is 0. The van der Waals surface area contributed by atoms with E-state index in [1.165, 1.54) is 25.9 Å². The Kier molecular flexibility index (Phi) is 6.68. The van der Waals surface area contributed by atoms with Crippen molar-refractivity contribution < 1.29 is 9.90 Å². The maximum atomic E-state index is 11.9. The van der Waals surface area contributed by atoms with Gasteiger partial charge in [0, 0.05) is 19.6 Å². The summed E-state index contributed by atoms with van der Waals surface area (Å²) in [5.41, 5.74) is 1.80. The molecule has 3 N–H and O–H groups in total. The summed E-state index contributed by atoms with van der Waals surface area (Å²) in [4.78, 5) is 14.3. The van der Waals surface area contributed by atoms with E-state index >= 15 is 0 Å². The average molecular weight is 305 g/mol. The zero-order valence-electron chi connectivity index (χ0n) is 13.3. The summed E-state index contributed by atoms with van der Waals surface area (Å²) >= 11 is 0. The number of urea groups is 1. The molecule has 0 aromatic heterocycles. The van der Waals surface area contributed by atoms with Crippen LogP contribution in [0.1, 0.15) is 30.9 Å². The number of hydrogen-bond acceptors (Lipinski definition) is 3. The second kappa shape index (κ2) is 8.76. The van der Waals surface area contributed by atoms with Gasteiger partial charge in [0.2, 0.25) is 0 Å². The van der Waals surface area contributed by atoms with Gasteiger partial charge in [-0.1, -0.05) is 31.2 Å². The standard InChI is InChI=1S/C17H27N3O2/c1-14(12-20-8-4-5-9-20)10-18-17(22)19-11-15-6-2-3-7-16(15)13-21/h2-3,6-7,14,21H,4-5,8-13H2,1H3,(H2,18,19,22). The van der Waals surface area contributed by atoms with Gasteiger partial charge in [0.15, 0.2) is 0 Å². The normalized spacial score (nSPS) is 16.5. The molecule has 1 saturated heterocycles. The molecule has 1 aromatic rings. The molecule has 1 heterocycles. The van der Waals surface area contributed by atoms with Crippen LogP contribution >= 0.6 is 0 Å². The summed E-state index contributed by atoms with van der Waals surface area (Å²) in [6, 6.07) is 7.43. The number of hydrogen-bond donors (Lipinski definition) is 3. The monoisotopic (exact) mass is 305 g/mol. The van der Waals surface area contributed by atoms with Crippen LogP contribution < -0.4 is 10.6 Å². The predicted octanol–water partition coefficient (Wildman–Crippen LogP) is 1.71. The Labute approximate surface area is 132 Å². The van der Waals surface area contributed by atoms with Crippen LogP contribution in [0.25, 0.3) is 0 Å². The van der Waals surface area contributed by atoms with Crippen LogP contribution in [0.5, 0.6) is 0 Å². The van der Waals surface area contributed by atoms with Crippen LogP contribution in [0.2, 0.25) is 0 Å². The highest BCUT2D eigenvalue weighted by Gasteiger charge is 2.15. The van der Waals surface area contributed by atoms with Gasteiger partial charge in [0.05, 0.1) is 6.61 Å². The Morgan fingerprint density at radius 2 is 1.91 bits per heavy atom. The van der Waals surface area contributed by atoms with Crippen LogP contribution in [0, 0.1) is 5.92 Å². The molecule has 1 aliphatic rings. The lowest BCUT2D eigenvalue weighted by Crippen LogP contribution is -2.39. The van der Waals surface area contributed by atoms with Crippen LogP contribution in [-0.2, 0) is 13.2 Å². The minimum Gasteiger partial charge on any atom is -0.392 e. The summed E-state index contributed by atoms with van der Waals surface area (Å²) in [6.45, 7) is 6.70. The highest BCUT2D eigenvalue weighted by Crippen LogP contribution is 2.10. The lowest BCUT2D eigenvalue weighted by Gasteiger charge is -2.20. The molecule has 1 atom stereocenters. The molecule has 22 heavy (non-hydrogen) atoms. The molecule has 0 radical (unpaired) electrons. The molecule has 0 aliphatic carbocycles. The van der Waals surface area contributed by atoms with Gasteiger partial charge >= 0.3 is 6.03 Å².